The number of nitriles is 1. The number of hydrogen-bond donors (Lipinski definition) is 1. The van der Waals surface area contributed by atoms with Crippen molar-refractivity contribution in [3.63, 3.8) is 0 Å². The first-order valence-electron chi connectivity index (χ1n) is 8.81. The molecule has 0 unspecified atom stereocenters. The van der Waals surface area contributed by atoms with Crippen molar-refractivity contribution in [1.82, 2.24) is 14.6 Å². The Bertz CT molecular complexity index is 1190. The largest absolute Gasteiger partial charge is 0.389 e. The van der Waals surface area contributed by atoms with E-state index < -0.39 is 6.10 Å². The van der Waals surface area contributed by atoms with Crippen LogP contribution < -0.4 is 4.90 Å². The Labute approximate surface area is 177 Å². The molecule has 3 heterocycles. The van der Waals surface area contributed by atoms with Crippen molar-refractivity contribution in [3.05, 3.63) is 63.6 Å². The zero-order valence-corrected chi connectivity index (χ0v) is 17.0. The standard InChI is InChI=1S/C20H16Cl2N6O/c1-3-24-17-7-13(21)5-4-12(17)6-15-11(2)25-19-16(8-23)18(22)26-28(19)20(15)27-9-14(29)10-27/h3-7,14,29H,1,9-10H2,2H3/b12-6+,24-17?. The van der Waals surface area contributed by atoms with Crippen molar-refractivity contribution in [3.8, 4) is 6.07 Å². The van der Waals surface area contributed by atoms with Gasteiger partial charge in [0.05, 0.1) is 17.5 Å². The summed E-state index contributed by atoms with van der Waals surface area (Å²) in [7, 11) is 0. The number of halogens is 2. The predicted octanol–water partition coefficient (Wildman–Crippen LogP) is 3.40. The van der Waals surface area contributed by atoms with Gasteiger partial charge in [-0.05, 0) is 25.2 Å². The van der Waals surface area contributed by atoms with Crippen LogP contribution in [0.2, 0.25) is 5.15 Å². The maximum Gasteiger partial charge on any atom is 0.177 e. The van der Waals surface area contributed by atoms with Gasteiger partial charge in [-0.2, -0.15) is 14.9 Å². The van der Waals surface area contributed by atoms with Crippen LogP contribution in [0.1, 0.15) is 16.8 Å². The van der Waals surface area contributed by atoms with Crippen LogP contribution in [0.4, 0.5) is 5.82 Å². The lowest BCUT2D eigenvalue weighted by atomic mass is 10.0. The van der Waals surface area contributed by atoms with Crippen LogP contribution in [0.5, 0.6) is 0 Å². The highest BCUT2D eigenvalue weighted by Gasteiger charge is 2.31. The van der Waals surface area contributed by atoms with Gasteiger partial charge in [-0.3, -0.25) is 4.99 Å². The SMILES string of the molecule is C=CN=C1C=C(Cl)C=C/C1=C\c1c(C)nc2c(C#N)c(Cl)nn2c1N1CC(O)C1. The van der Waals surface area contributed by atoms with E-state index in [0.717, 1.165) is 11.1 Å². The van der Waals surface area contributed by atoms with Crippen molar-refractivity contribution < 1.29 is 5.11 Å². The van der Waals surface area contributed by atoms with Gasteiger partial charge in [0, 0.05) is 35.5 Å². The first-order valence-corrected chi connectivity index (χ1v) is 9.56. The number of aryl methyl sites for hydroxylation is 1. The Morgan fingerprint density at radius 3 is 2.79 bits per heavy atom. The predicted molar refractivity (Wildman–Crippen MR) is 114 cm³/mol. The Kier molecular flexibility index (Phi) is 5.01. The molecule has 0 saturated carbocycles. The van der Waals surface area contributed by atoms with E-state index in [0.29, 0.717) is 41.0 Å². The molecule has 1 aliphatic carbocycles. The van der Waals surface area contributed by atoms with E-state index in [-0.39, 0.29) is 10.7 Å². The molecule has 7 nitrogen and oxygen atoms in total. The van der Waals surface area contributed by atoms with Crippen molar-refractivity contribution in [2.45, 2.75) is 13.0 Å². The molecule has 1 N–H and O–H groups in total. The van der Waals surface area contributed by atoms with Crippen LogP contribution in [-0.2, 0) is 0 Å². The molecule has 2 aliphatic rings. The van der Waals surface area contributed by atoms with Crippen LogP contribution in [-0.4, -0.2) is 44.6 Å². The number of nitrogens with zero attached hydrogens (tertiary/aromatic N) is 6. The first kappa shape index (κ1) is 19.4. The molecule has 2 aromatic heterocycles. The van der Waals surface area contributed by atoms with Crippen LogP contribution >= 0.6 is 23.2 Å². The number of aliphatic imine (C=N–C) groups is 1. The molecule has 0 bridgehead atoms. The quantitative estimate of drug-likeness (QED) is 0.811. The van der Waals surface area contributed by atoms with E-state index in [4.69, 9.17) is 23.2 Å². The van der Waals surface area contributed by atoms with Gasteiger partial charge in [-0.15, -0.1) is 0 Å². The first-order chi connectivity index (χ1) is 13.9. The number of rotatable bonds is 3. The van der Waals surface area contributed by atoms with Crippen molar-refractivity contribution in [2.24, 2.45) is 4.99 Å². The highest BCUT2D eigenvalue weighted by atomic mass is 35.5. The minimum Gasteiger partial charge on any atom is -0.389 e. The smallest absolute Gasteiger partial charge is 0.177 e. The molecule has 1 fully saturated rings. The van der Waals surface area contributed by atoms with Gasteiger partial charge in [0.2, 0.25) is 0 Å². The van der Waals surface area contributed by atoms with E-state index in [1.165, 1.54) is 6.20 Å². The van der Waals surface area contributed by atoms with Gasteiger partial charge < -0.3 is 10.0 Å². The number of aromatic nitrogens is 3. The van der Waals surface area contributed by atoms with Gasteiger partial charge in [0.25, 0.3) is 0 Å². The molecule has 0 amide bonds. The summed E-state index contributed by atoms with van der Waals surface area (Å²) in [6, 6.07) is 2.06. The lowest BCUT2D eigenvalue weighted by Crippen LogP contribution is -2.52. The molecule has 9 heteroatoms. The highest BCUT2D eigenvalue weighted by molar-refractivity contribution is 6.35. The van der Waals surface area contributed by atoms with E-state index >= 15 is 0 Å². The fourth-order valence-electron chi connectivity index (χ4n) is 3.33. The topological polar surface area (TPSA) is 89.8 Å². The molecule has 29 heavy (non-hydrogen) atoms. The number of aliphatic hydroxyl groups excluding tert-OH is 1. The highest BCUT2D eigenvalue weighted by Crippen LogP contribution is 2.33. The van der Waals surface area contributed by atoms with Crippen LogP contribution in [0, 0.1) is 18.3 Å². The summed E-state index contributed by atoms with van der Waals surface area (Å²) in [6.45, 7) is 6.41. The fourth-order valence-corrected chi connectivity index (χ4v) is 3.70. The average molecular weight is 427 g/mol. The summed E-state index contributed by atoms with van der Waals surface area (Å²) in [4.78, 5) is 10.8. The monoisotopic (exact) mass is 426 g/mol. The molecule has 1 saturated heterocycles. The average Bonchev–Trinajstić information content (AvgIpc) is 2.97. The maximum atomic E-state index is 9.84. The lowest BCUT2D eigenvalue weighted by Gasteiger charge is -2.38. The van der Waals surface area contributed by atoms with Crippen molar-refractivity contribution in [1.29, 1.82) is 5.26 Å². The van der Waals surface area contributed by atoms with Gasteiger partial charge in [-0.25, -0.2) is 4.98 Å². The molecule has 0 atom stereocenters. The minimum absolute atomic E-state index is 0.0905. The minimum atomic E-state index is -0.422. The molecule has 0 radical (unpaired) electrons. The second-order valence-corrected chi connectivity index (χ2v) is 7.46. The number of fused-ring (bicyclic) bond motifs is 1. The van der Waals surface area contributed by atoms with Crippen LogP contribution in [0.25, 0.3) is 11.7 Å². The molecule has 1 aliphatic heterocycles. The molecule has 146 valence electrons. The fraction of sp³-hybridized carbons (Fsp3) is 0.200. The number of allylic oxidation sites excluding steroid dienone is 5. The lowest BCUT2D eigenvalue weighted by molar-refractivity contribution is 0.141. The zero-order valence-electron chi connectivity index (χ0n) is 15.5. The van der Waals surface area contributed by atoms with Crippen molar-refractivity contribution >= 4 is 46.5 Å². The molecule has 2 aromatic rings. The molecule has 0 aromatic carbocycles. The van der Waals surface area contributed by atoms with E-state index in [1.54, 1.807) is 16.7 Å². The van der Waals surface area contributed by atoms with Crippen LogP contribution in [0.3, 0.4) is 0 Å². The molecular formula is C20H16Cl2N6O. The Balaban J connectivity index is 1.97. The van der Waals surface area contributed by atoms with Gasteiger partial charge in [-0.1, -0.05) is 35.9 Å². The third-order valence-electron chi connectivity index (χ3n) is 4.72. The normalized spacial score (nSPS) is 19.6. The van der Waals surface area contributed by atoms with Crippen molar-refractivity contribution in [2.75, 3.05) is 18.0 Å². The van der Waals surface area contributed by atoms with E-state index in [9.17, 15) is 10.4 Å². The summed E-state index contributed by atoms with van der Waals surface area (Å²) < 4.78 is 1.56. The van der Waals surface area contributed by atoms with E-state index in [1.807, 2.05) is 24.0 Å². The molecular weight excluding hydrogens is 411 g/mol. The number of aliphatic hydroxyl groups is 1. The second-order valence-electron chi connectivity index (χ2n) is 6.67. The molecule has 4 rings (SSSR count). The Morgan fingerprint density at radius 1 is 1.38 bits per heavy atom. The Morgan fingerprint density at radius 2 is 2.14 bits per heavy atom. The third kappa shape index (κ3) is 3.36. The summed E-state index contributed by atoms with van der Waals surface area (Å²) in [5.74, 6) is 0.709. The second kappa shape index (κ2) is 7.48. The summed E-state index contributed by atoms with van der Waals surface area (Å²) in [5, 5.41) is 24.3. The van der Waals surface area contributed by atoms with Gasteiger partial charge >= 0.3 is 0 Å². The molecule has 0 spiro atoms. The van der Waals surface area contributed by atoms with E-state index in [2.05, 4.69) is 27.7 Å². The van der Waals surface area contributed by atoms with Gasteiger partial charge in [0.1, 0.15) is 17.5 Å². The number of β-amino-alcohol motifs (C(OH)–C–C–N with tert-alkyl or cyclic N) is 1. The van der Waals surface area contributed by atoms with Gasteiger partial charge in [0.15, 0.2) is 10.8 Å². The zero-order chi connectivity index (χ0) is 20.7. The number of hydrogen-bond acceptors (Lipinski definition) is 6. The Hall–Kier alpha value is -2.92. The van der Waals surface area contributed by atoms with Crippen LogP contribution in [0.15, 0.2) is 46.6 Å². The third-order valence-corrected chi connectivity index (χ3v) is 5.22. The maximum absolute atomic E-state index is 9.84. The summed E-state index contributed by atoms with van der Waals surface area (Å²) in [5.41, 5.74) is 3.57. The number of anilines is 1. The summed E-state index contributed by atoms with van der Waals surface area (Å²) in [6.07, 6.45) is 8.36. The summed E-state index contributed by atoms with van der Waals surface area (Å²) >= 11 is 12.3.